The monoisotopic (exact) mass is 195 g/mol. The minimum Gasteiger partial charge on any atom is -0.481 e. The van der Waals surface area contributed by atoms with Crippen molar-refractivity contribution in [2.45, 2.75) is 13.0 Å². The van der Waals surface area contributed by atoms with Gasteiger partial charge in [-0.1, -0.05) is 6.07 Å². The van der Waals surface area contributed by atoms with Gasteiger partial charge in [0.2, 0.25) is 5.88 Å². The van der Waals surface area contributed by atoms with E-state index in [4.69, 9.17) is 10.5 Å². The van der Waals surface area contributed by atoms with Crippen LogP contribution in [0.2, 0.25) is 0 Å². The molecule has 3 N–H and O–H groups in total. The summed E-state index contributed by atoms with van der Waals surface area (Å²) in [7, 11) is 1.62. The van der Waals surface area contributed by atoms with Gasteiger partial charge < -0.3 is 15.8 Å². The maximum atomic E-state index is 5.38. The lowest BCUT2D eigenvalue weighted by atomic mass is 10.3. The lowest BCUT2D eigenvalue weighted by Gasteiger charge is -2.04. The highest BCUT2D eigenvalue weighted by Crippen LogP contribution is 2.05. The van der Waals surface area contributed by atoms with E-state index in [0.29, 0.717) is 5.88 Å². The first kappa shape index (κ1) is 10.9. The number of methoxy groups -OCH3 is 1. The second-order valence-electron chi connectivity index (χ2n) is 2.99. The van der Waals surface area contributed by atoms with E-state index in [9.17, 15) is 0 Å². The fourth-order valence-electron chi connectivity index (χ4n) is 1.11. The highest BCUT2D eigenvalue weighted by Gasteiger charge is 1.96. The molecule has 0 fully saturated rings. The van der Waals surface area contributed by atoms with Crippen LogP contribution in [0.15, 0.2) is 18.2 Å². The quantitative estimate of drug-likeness (QED) is 0.650. The van der Waals surface area contributed by atoms with Crippen LogP contribution >= 0.6 is 0 Å². The molecule has 0 bridgehead atoms. The minimum absolute atomic E-state index is 0.656. The first-order valence-corrected chi connectivity index (χ1v) is 4.77. The van der Waals surface area contributed by atoms with E-state index in [0.717, 1.165) is 31.7 Å². The predicted molar refractivity (Wildman–Crippen MR) is 56.2 cm³/mol. The van der Waals surface area contributed by atoms with Gasteiger partial charge in [-0.05, 0) is 25.6 Å². The first-order valence-electron chi connectivity index (χ1n) is 4.77. The maximum Gasteiger partial charge on any atom is 0.213 e. The smallest absolute Gasteiger partial charge is 0.213 e. The molecule has 0 saturated carbocycles. The summed E-state index contributed by atoms with van der Waals surface area (Å²) in [6, 6.07) is 5.74. The number of hydrogen-bond donors (Lipinski definition) is 2. The molecule has 0 spiro atoms. The zero-order chi connectivity index (χ0) is 10.2. The Labute approximate surface area is 84.5 Å². The van der Waals surface area contributed by atoms with E-state index in [1.54, 1.807) is 7.11 Å². The fraction of sp³-hybridized carbons (Fsp3) is 0.500. The third-order valence-electron chi connectivity index (χ3n) is 1.85. The molecule has 78 valence electrons. The molecule has 4 heteroatoms. The van der Waals surface area contributed by atoms with Gasteiger partial charge in [-0.25, -0.2) is 4.98 Å². The molecular weight excluding hydrogens is 178 g/mol. The average molecular weight is 195 g/mol. The number of ether oxygens (including phenoxy) is 1. The molecule has 1 heterocycles. The Balaban J connectivity index is 2.34. The number of pyridine rings is 1. The zero-order valence-electron chi connectivity index (χ0n) is 8.49. The van der Waals surface area contributed by atoms with E-state index in [1.165, 1.54) is 0 Å². The summed E-state index contributed by atoms with van der Waals surface area (Å²) in [5.74, 6) is 0.656. The maximum absolute atomic E-state index is 5.38. The first-order chi connectivity index (χ1) is 6.86. The van der Waals surface area contributed by atoms with Crippen LogP contribution in [0.5, 0.6) is 5.88 Å². The van der Waals surface area contributed by atoms with Crippen molar-refractivity contribution in [3.63, 3.8) is 0 Å². The Morgan fingerprint density at radius 3 is 3.07 bits per heavy atom. The van der Waals surface area contributed by atoms with Gasteiger partial charge in [0, 0.05) is 12.6 Å². The normalized spacial score (nSPS) is 10.1. The SMILES string of the molecule is COc1cccc(CNCCCN)n1. The van der Waals surface area contributed by atoms with Gasteiger partial charge in [-0.2, -0.15) is 0 Å². The van der Waals surface area contributed by atoms with E-state index in [-0.39, 0.29) is 0 Å². The van der Waals surface area contributed by atoms with E-state index in [2.05, 4.69) is 10.3 Å². The standard InChI is InChI=1S/C10H17N3O/c1-14-10-5-2-4-9(13-10)8-12-7-3-6-11/h2,4-5,12H,3,6-8,11H2,1H3. The molecule has 0 aliphatic carbocycles. The Hall–Kier alpha value is -1.13. The fourth-order valence-corrected chi connectivity index (χ4v) is 1.11. The molecule has 4 nitrogen and oxygen atoms in total. The number of nitrogens with zero attached hydrogens (tertiary/aromatic N) is 1. The van der Waals surface area contributed by atoms with E-state index < -0.39 is 0 Å². The van der Waals surface area contributed by atoms with Gasteiger partial charge in [-0.3, -0.25) is 0 Å². The number of aromatic nitrogens is 1. The van der Waals surface area contributed by atoms with Crippen molar-refractivity contribution >= 4 is 0 Å². The van der Waals surface area contributed by atoms with E-state index in [1.807, 2.05) is 18.2 Å². The van der Waals surface area contributed by atoms with Crippen LogP contribution in [0.3, 0.4) is 0 Å². The molecule has 0 atom stereocenters. The van der Waals surface area contributed by atoms with Crippen LogP contribution in [0, 0.1) is 0 Å². The average Bonchev–Trinajstić information content (AvgIpc) is 2.25. The summed E-state index contributed by atoms with van der Waals surface area (Å²) in [6.45, 7) is 2.41. The Morgan fingerprint density at radius 2 is 2.36 bits per heavy atom. The van der Waals surface area contributed by atoms with Crippen molar-refractivity contribution in [2.24, 2.45) is 5.73 Å². The van der Waals surface area contributed by atoms with Crippen LogP contribution in [-0.2, 0) is 6.54 Å². The van der Waals surface area contributed by atoms with Gasteiger partial charge in [-0.15, -0.1) is 0 Å². The van der Waals surface area contributed by atoms with Crippen molar-refractivity contribution in [3.05, 3.63) is 23.9 Å². The second kappa shape index (κ2) is 6.34. The molecule has 1 rings (SSSR count). The lowest BCUT2D eigenvalue weighted by molar-refractivity contribution is 0.395. The highest BCUT2D eigenvalue weighted by atomic mass is 16.5. The Kier molecular flexibility index (Phi) is 4.96. The summed E-state index contributed by atoms with van der Waals surface area (Å²) < 4.78 is 5.02. The summed E-state index contributed by atoms with van der Waals surface area (Å²) in [5, 5.41) is 3.26. The van der Waals surface area contributed by atoms with Crippen LogP contribution in [0.25, 0.3) is 0 Å². The molecule has 14 heavy (non-hydrogen) atoms. The van der Waals surface area contributed by atoms with Gasteiger partial charge in [0.05, 0.1) is 12.8 Å². The molecule has 0 unspecified atom stereocenters. The molecule has 1 aromatic heterocycles. The molecular formula is C10H17N3O. The molecule has 0 aliphatic rings. The number of nitrogens with two attached hydrogens (primary N) is 1. The van der Waals surface area contributed by atoms with Crippen LogP contribution in [0.1, 0.15) is 12.1 Å². The number of hydrogen-bond acceptors (Lipinski definition) is 4. The lowest BCUT2D eigenvalue weighted by Crippen LogP contribution is -2.18. The molecule has 0 radical (unpaired) electrons. The second-order valence-corrected chi connectivity index (χ2v) is 2.99. The predicted octanol–water partition coefficient (Wildman–Crippen LogP) is 0.529. The van der Waals surface area contributed by atoms with Crippen LogP contribution in [0.4, 0.5) is 0 Å². The molecule has 0 saturated heterocycles. The molecule has 0 aliphatic heterocycles. The topological polar surface area (TPSA) is 60.2 Å². The van der Waals surface area contributed by atoms with Crippen molar-refractivity contribution in [1.82, 2.24) is 10.3 Å². The number of nitrogens with one attached hydrogen (secondary N) is 1. The zero-order valence-corrected chi connectivity index (χ0v) is 8.49. The molecule has 1 aromatic rings. The third kappa shape index (κ3) is 3.72. The van der Waals surface area contributed by atoms with Crippen LogP contribution < -0.4 is 15.8 Å². The van der Waals surface area contributed by atoms with Crippen molar-refractivity contribution in [2.75, 3.05) is 20.2 Å². The molecule has 0 aromatic carbocycles. The van der Waals surface area contributed by atoms with Crippen LogP contribution in [-0.4, -0.2) is 25.2 Å². The largest absolute Gasteiger partial charge is 0.481 e. The van der Waals surface area contributed by atoms with Gasteiger partial charge in [0.1, 0.15) is 0 Å². The summed E-state index contributed by atoms with van der Waals surface area (Å²) in [6.07, 6.45) is 0.990. The van der Waals surface area contributed by atoms with Gasteiger partial charge in [0.25, 0.3) is 0 Å². The third-order valence-corrected chi connectivity index (χ3v) is 1.85. The van der Waals surface area contributed by atoms with Gasteiger partial charge >= 0.3 is 0 Å². The number of rotatable bonds is 6. The minimum atomic E-state index is 0.656. The Bertz CT molecular complexity index is 265. The molecule has 0 amide bonds. The van der Waals surface area contributed by atoms with Crippen molar-refractivity contribution in [1.29, 1.82) is 0 Å². The summed E-state index contributed by atoms with van der Waals surface area (Å²) >= 11 is 0. The van der Waals surface area contributed by atoms with E-state index >= 15 is 0 Å². The highest BCUT2D eigenvalue weighted by molar-refractivity contribution is 5.15. The summed E-state index contributed by atoms with van der Waals surface area (Å²) in [4.78, 5) is 4.27. The summed E-state index contributed by atoms with van der Waals surface area (Å²) in [5.41, 5.74) is 6.37. The van der Waals surface area contributed by atoms with Crippen molar-refractivity contribution in [3.8, 4) is 5.88 Å². The van der Waals surface area contributed by atoms with Crippen molar-refractivity contribution < 1.29 is 4.74 Å². The van der Waals surface area contributed by atoms with Gasteiger partial charge in [0.15, 0.2) is 0 Å². The Morgan fingerprint density at radius 1 is 1.50 bits per heavy atom.